The molecule has 0 spiro atoms. The number of nitrogens with one attached hydrogen (secondary N) is 2. The van der Waals surface area contributed by atoms with Gasteiger partial charge in [-0.1, -0.05) is 30.3 Å². The van der Waals surface area contributed by atoms with Crippen molar-refractivity contribution < 1.29 is 43.6 Å². The van der Waals surface area contributed by atoms with Gasteiger partial charge in [-0.3, -0.25) is 4.79 Å². The van der Waals surface area contributed by atoms with Crippen LogP contribution in [-0.4, -0.2) is 51.3 Å². The molecular weight excluding hydrogens is 439 g/mol. The monoisotopic (exact) mass is 462 g/mol. The van der Waals surface area contributed by atoms with Gasteiger partial charge in [0, 0.05) is 18.4 Å². The van der Waals surface area contributed by atoms with Crippen molar-refractivity contribution in [2.45, 2.75) is 38.0 Å². The Bertz CT molecular complexity index is 996. The SMILES string of the molecule is O=C(O)CCC(NC(=O)NC(Cc1ccc(OCc2ccccc2F)cc1)C(=O)O)C(=O)O. The summed E-state index contributed by atoms with van der Waals surface area (Å²) >= 11 is 0. The molecule has 0 aliphatic carbocycles. The number of rotatable bonds is 12. The largest absolute Gasteiger partial charge is 0.489 e. The van der Waals surface area contributed by atoms with E-state index in [0.29, 0.717) is 16.9 Å². The van der Waals surface area contributed by atoms with Gasteiger partial charge in [-0.05, 0) is 30.2 Å². The number of hydrogen-bond donors (Lipinski definition) is 5. The van der Waals surface area contributed by atoms with Crippen molar-refractivity contribution in [3.63, 3.8) is 0 Å². The number of aliphatic carboxylic acids is 3. The summed E-state index contributed by atoms with van der Waals surface area (Å²) in [6, 6.07) is 8.57. The summed E-state index contributed by atoms with van der Waals surface area (Å²) in [4.78, 5) is 45.4. The number of urea groups is 1. The van der Waals surface area contributed by atoms with E-state index in [4.69, 9.17) is 14.9 Å². The predicted octanol–water partition coefficient (Wildman–Crippen LogP) is 2.02. The average molecular weight is 462 g/mol. The molecule has 2 aromatic carbocycles. The zero-order valence-corrected chi connectivity index (χ0v) is 17.4. The van der Waals surface area contributed by atoms with Crippen molar-refractivity contribution in [1.29, 1.82) is 0 Å². The second kappa shape index (κ2) is 12.0. The fourth-order valence-corrected chi connectivity index (χ4v) is 2.82. The second-order valence-electron chi connectivity index (χ2n) is 7.06. The highest BCUT2D eigenvalue weighted by Gasteiger charge is 2.25. The van der Waals surface area contributed by atoms with Gasteiger partial charge in [0.2, 0.25) is 0 Å². The quantitative estimate of drug-likeness (QED) is 0.320. The third kappa shape index (κ3) is 8.48. The molecule has 0 radical (unpaired) electrons. The number of hydrogen-bond acceptors (Lipinski definition) is 5. The van der Waals surface area contributed by atoms with Crippen LogP contribution < -0.4 is 15.4 Å². The molecule has 0 fully saturated rings. The first-order valence-corrected chi connectivity index (χ1v) is 9.85. The van der Waals surface area contributed by atoms with Crippen molar-refractivity contribution in [3.8, 4) is 5.75 Å². The smallest absolute Gasteiger partial charge is 0.326 e. The van der Waals surface area contributed by atoms with Gasteiger partial charge in [-0.25, -0.2) is 18.8 Å². The fraction of sp³-hybridized carbons (Fsp3) is 0.273. The number of halogens is 1. The molecule has 0 saturated carbocycles. The van der Waals surface area contributed by atoms with Crippen LogP contribution in [0.3, 0.4) is 0 Å². The zero-order valence-electron chi connectivity index (χ0n) is 17.4. The van der Waals surface area contributed by atoms with Crippen LogP contribution in [0, 0.1) is 5.82 Å². The van der Waals surface area contributed by atoms with Crippen molar-refractivity contribution in [3.05, 3.63) is 65.5 Å². The minimum atomic E-state index is -1.48. The summed E-state index contributed by atoms with van der Waals surface area (Å²) in [6.07, 6.45) is -0.946. The molecule has 2 unspecified atom stereocenters. The molecule has 0 bridgehead atoms. The molecule has 5 N–H and O–H groups in total. The minimum Gasteiger partial charge on any atom is -0.489 e. The molecule has 11 heteroatoms. The zero-order chi connectivity index (χ0) is 24.4. The van der Waals surface area contributed by atoms with Gasteiger partial charge in [0.15, 0.2) is 0 Å². The minimum absolute atomic E-state index is 0.0120. The van der Waals surface area contributed by atoms with Crippen LogP contribution in [0.2, 0.25) is 0 Å². The molecule has 2 atom stereocenters. The van der Waals surface area contributed by atoms with Gasteiger partial charge in [-0.2, -0.15) is 0 Å². The number of carbonyl (C=O) groups is 4. The molecule has 33 heavy (non-hydrogen) atoms. The highest BCUT2D eigenvalue weighted by molar-refractivity contribution is 5.86. The number of benzene rings is 2. The maximum absolute atomic E-state index is 13.6. The molecule has 0 aromatic heterocycles. The molecule has 0 saturated heterocycles. The molecule has 0 aliphatic rings. The van der Waals surface area contributed by atoms with E-state index < -0.39 is 48.3 Å². The summed E-state index contributed by atoms with van der Waals surface area (Å²) < 4.78 is 19.2. The van der Waals surface area contributed by atoms with Crippen LogP contribution >= 0.6 is 0 Å². The molecule has 10 nitrogen and oxygen atoms in total. The Morgan fingerprint density at radius 2 is 1.48 bits per heavy atom. The number of carboxylic acid groups (broad SMARTS) is 3. The van der Waals surface area contributed by atoms with Crippen LogP contribution in [0.4, 0.5) is 9.18 Å². The second-order valence-corrected chi connectivity index (χ2v) is 7.06. The Kier molecular flexibility index (Phi) is 9.16. The van der Waals surface area contributed by atoms with E-state index in [0.717, 1.165) is 0 Å². The van der Waals surface area contributed by atoms with E-state index in [2.05, 4.69) is 10.6 Å². The Hall–Kier alpha value is -4.15. The van der Waals surface area contributed by atoms with E-state index in [9.17, 15) is 28.7 Å². The van der Waals surface area contributed by atoms with E-state index in [1.54, 1.807) is 42.5 Å². The van der Waals surface area contributed by atoms with Gasteiger partial charge >= 0.3 is 23.9 Å². The molecule has 2 amide bonds. The summed E-state index contributed by atoms with van der Waals surface area (Å²) in [5.41, 5.74) is 0.923. The molecule has 176 valence electrons. The Morgan fingerprint density at radius 3 is 2.06 bits per heavy atom. The van der Waals surface area contributed by atoms with Gasteiger partial charge in [-0.15, -0.1) is 0 Å². The summed E-state index contributed by atoms with van der Waals surface area (Å²) in [5, 5.41) is 31.4. The lowest BCUT2D eigenvalue weighted by molar-refractivity contribution is -0.140. The summed E-state index contributed by atoms with van der Waals surface area (Å²) in [7, 11) is 0. The van der Waals surface area contributed by atoms with Crippen LogP contribution in [-0.2, 0) is 27.4 Å². The standard InChI is InChI=1S/C22H23FN2O8/c23-16-4-2-1-3-14(16)12-33-15-7-5-13(6-8-15)11-18(21(30)31)25-22(32)24-17(20(28)29)9-10-19(26)27/h1-8,17-18H,9-12H2,(H,26,27)(H,28,29)(H,30,31)(H2,24,25,32). The number of amides is 2. The van der Waals surface area contributed by atoms with E-state index in [-0.39, 0.29) is 19.4 Å². The maximum Gasteiger partial charge on any atom is 0.326 e. The Morgan fingerprint density at radius 1 is 0.879 bits per heavy atom. The first-order valence-electron chi connectivity index (χ1n) is 9.85. The van der Waals surface area contributed by atoms with Crippen LogP contribution in [0.5, 0.6) is 5.75 Å². The van der Waals surface area contributed by atoms with Crippen molar-refractivity contribution in [2.24, 2.45) is 0 Å². The van der Waals surface area contributed by atoms with Gasteiger partial charge < -0.3 is 30.7 Å². The van der Waals surface area contributed by atoms with Gasteiger partial charge in [0.25, 0.3) is 0 Å². The summed E-state index contributed by atoms with van der Waals surface area (Å²) in [6.45, 7) is 0.0120. The van der Waals surface area contributed by atoms with E-state index >= 15 is 0 Å². The average Bonchev–Trinajstić information content (AvgIpc) is 2.76. The lowest BCUT2D eigenvalue weighted by Crippen LogP contribution is -2.51. The molecule has 0 heterocycles. The van der Waals surface area contributed by atoms with E-state index in [1.165, 1.54) is 6.07 Å². The molecule has 0 aliphatic heterocycles. The number of ether oxygens (including phenoxy) is 1. The number of carbonyl (C=O) groups excluding carboxylic acids is 1. The third-order valence-corrected chi connectivity index (χ3v) is 4.57. The molecular formula is C22H23FN2O8. The first-order chi connectivity index (χ1) is 15.7. The van der Waals surface area contributed by atoms with Crippen molar-refractivity contribution in [1.82, 2.24) is 10.6 Å². The van der Waals surface area contributed by atoms with Crippen LogP contribution in [0.25, 0.3) is 0 Å². The Balaban J connectivity index is 1.93. The lowest BCUT2D eigenvalue weighted by atomic mass is 10.1. The van der Waals surface area contributed by atoms with E-state index in [1.807, 2.05) is 0 Å². The lowest BCUT2D eigenvalue weighted by Gasteiger charge is -2.18. The maximum atomic E-state index is 13.6. The Labute approximate surface area is 188 Å². The molecule has 2 aromatic rings. The fourth-order valence-electron chi connectivity index (χ4n) is 2.82. The normalized spacial score (nSPS) is 12.3. The topological polar surface area (TPSA) is 162 Å². The highest BCUT2D eigenvalue weighted by Crippen LogP contribution is 2.16. The summed E-state index contributed by atoms with van der Waals surface area (Å²) in [5.74, 6) is -3.97. The highest BCUT2D eigenvalue weighted by atomic mass is 19.1. The van der Waals surface area contributed by atoms with Crippen LogP contribution in [0.15, 0.2) is 48.5 Å². The first kappa shape index (κ1) is 25.1. The van der Waals surface area contributed by atoms with Gasteiger partial charge in [0.1, 0.15) is 30.3 Å². The predicted molar refractivity (Wildman–Crippen MR) is 112 cm³/mol. The third-order valence-electron chi connectivity index (χ3n) is 4.57. The van der Waals surface area contributed by atoms with Crippen LogP contribution in [0.1, 0.15) is 24.0 Å². The van der Waals surface area contributed by atoms with Crippen molar-refractivity contribution >= 4 is 23.9 Å². The number of carboxylic acids is 3. The molecule has 2 rings (SSSR count). The van der Waals surface area contributed by atoms with Crippen molar-refractivity contribution in [2.75, 3.05) is 0 Å². The van der Waals surface area contributed by atoms with Gasteiger partial charge in [0.05, 0.1) is 0 Å².